The van der Waals surface area contributed by atoms with Crippen molar-refractivity contribution in [2.24, 2.45) is 7.05 Å². The second-order valence-electron chi connectivity index (χ2n) is 9.38. The van der Waals surface area contributed by atoms with Crippen molar-refractivity contribution in [3.63, 3.8) is 0 Å². The van der Waals surface area contributed by atoms with Gasteiger partial charge in [-0.3, -0.25) is 5.32 Å². The molecule has 0 spiro atoms. The van der Waals surface area contributed by atoms with Crippen LogP contribution in [0.15, 0.2) is 24.3 Å². The highest BCUT2D eigenvalue weighted by Crippen LogP contribution is 2.27. The smallest absolute Gasteiger partial charge is 0.410 e. The Morgan fingerprint density at radius 3 is 2.74 bits per heavy atom. The Balaban J connectivity index is 1.52. The van der Waals surface area contributed by atoms with Crippen molar-refractivity contribution in [3.8, 4) is 5.75 Å². The topological polar surface area (TPSA) is 111 Å². The Hall–Kier alpha value is -3.01. The Morgan fingerprint density at radius 1 is 1.29 bits per heavy atom. The largest absolute Gasteiger partial charge is 0.487 e. The molecule has 1 fully saturated rings. The zero-order chi connectivity index (χ0) is 24.9. The van der Waals surface area contributed by atoms with E-state index in [-0.39, 0.29) is 24.7 Å². The maximum Gasteiger partial charge on any atom is 0.410 e. The number of carbonyl (C=O) groups is 2. The standard InChI is InChI=1S/C23H33ClN6O4/c1-15(33-18-11-7-6-10-17(18)24)13-25-21(31)27-20-26-19(28-29(20)5)16-9-8-12-30(14-16)22(32)34-23(2,3)4/h6-7,10-11,15-16H,8-9,12-14H2,1-5H3,(H2,25,26,27,28,31). The van der Waals surface area contributed by atoms with Crippen molar-refractivity contribution in [2.45, 2.75) is 58.2 Å². The third-order valence-electron chi connectivity index (χ3n) is 5.16. The summed E-state index contributed by atoms with van der Waals surface area (Å²) in [6, 6.07) is 6.75. The van der Waals surface area contributed by atoms with Crippen LogP contribution in [0.3, 0.4) is 0 Å². The van der Waals surface area contributed by atoms with Gasteiger partial charge in [-0.15, -0.1) is 0 Å². The predicted molar refractivity (Wildman–Crippen MR) is 129 cm³/mol. The number of carbonyl (C=O) groups excluding carboxylic acids is 2. The summed E-state index contributed by atoms with van der Waals surface area (Å²) in [5, 5.41) is 10.5. The first-order chi connectivity index (χ1) is 16.0. The lowest BCUT2D eigenvalue weighted by Crippen LogP contribution is -2.42. The summed E-state index contributed by atoms with van der Waals surface area (Å²) >= 11 is 6.11. The minimum atomic E-state index is -0.548. The van der Waals surface area contributed by atoms with Crippen molar-refractivity contribution < 1.29 is 19.1 Å². The maximum atomic E-state index is 12.4. The highest BCUT2D eigenvalue weighted by atomic mass is 35.5. The lowest BCUT2D eigenvalue weighted by molar-refractivity contribution is 0.0196. The lowest BCUT2D eigenvalue weighted by atomic mass is 9.98. The van der Waals surface area contributed by atoms with E-state index in [4.69, 9.17) is 21.1 Å². The Morgan fingerprint density at radius 2 is 2.03 bits per heavy atom. The van der Waals surface area contributed by atoms with Gasteiger partial charge in [0, 0.05) is 26.1 Å². The van der Waals surface area contributed by atoms with Gasteiger partial charge in [0.1, 0.15) is 17.5 Å². The van der Waals surface area contributed by atoms with E-state index in [9.17, 15) is 9.59 Å². The molecule has 3 rings (SSSR count). The molecule has 1 aromatic carbocycles. The number of aryl methyl sites for hydroxylation is 1. The second-order valence-corrected chi connectivity index (χ2v) is 9.78. The molecule has 2 N–H and O–H groups in total. The van der Waals surface area contributed by atoms with Crippen LogP contribution in [-0.4, -0.2) is 63.1 Å². The summed E-state index contributed by atoms with van der Waals surface area (Å²) in [4.78, 5) is 31.0. The van der Waals surface area contributed by atoms with E-state index in [1.165, 1.54) is 4.68 Å². The molecule has 2 heterocycles. The van der Waals surface area contributed by atoms with Crippen LogP contribution in [0, 0.1) is 0 Å². The van der Waals surface area contributed by atoms with Crippen molar-refractivity contribution in [2.75, 3.05) is 25.0 Å². The number of likely N-dealkylation sites (tertiary alicyclic amines) is 1. The van der Waals surface area contributed by atoms with Crippen LogP contribution in [0.4, 0.5) is 15.5 Å². The van der Waals surface area contributed by atoms with Crippen molar-refractivity contribution in [1.29, 1.82) is 0 Å². The molecule has 0 saturated carbocycles. The molecule has 0 radical (unpaired) electrons. The molecule has 1 aliphatic heterocycles. The molecular formula is C23H33ClN6O4. The number of anilines is 1. The molecular weight excluding hydrogens is 460 g/mol. The van der Waals surface area contributed by atoms with Gasteiger partial charge in [-0.2, -0.15) is 10.1 Å². The number of hydrogen-bond acceptors (Lipinski definition) is 6. The van der Waals surface area contributed by atoms with E-state index in [0.717, 1.165) is 12.8 Å². The van der Waals surface area contributed by atoms with Crippen LogP contribution >= 0.6 is 11.6 Å². The minimum Gasteiger partial charge on any atom is -0.487 e. The van der Waals surface area contributed by atoms with Crippen LogP contribution < -0.4 is 15.4 Å². The van der Waals surface area contributed by atoms with E-state index in [1.807, 2.05) is 39.8 Å². The summed E-state index contributed by atoms with van der Waals surface area (Å²) in [6.45, 7) is 8.76. The third-order valence-corrected chi connectivity index (χ3v) is 5.47. The zero-order valence-electron chi connectivity index (χ0n) is 20.3. The number of aromatic nitrogens is 3. The van der Waals surface area contributed by atoms with E-state index < -0.39 is 11.6 Å². The fourth-order valence-corrected chi connectivity index (χ4v) is 3.73. The number of nitrogens with zero attached hydrogens (tertiary/aromatic N) is 4. The average Bonchev–Trinajstić information content (AvgIpc) is 3.13. The molecule has 34 heavy (non-hydrogen) atoms. The first-order valence-electron chi connectivity index (χ1n) is 11.4. The van der Waals surface area contributed by atoms with Crippen LogP contribution in [0.25, 0.3) is 0 Å². The zero-order valence-corrected chi connectivity index (χ0v) is 21.1. The number of rotatable bonds is 6. The number of para-hydroxylation sites is 1. The molecule has 2 unspecified atom stereocenters. The monoisotopic (exact) mass is 492 g/mol. The number of halogens is 1. The summed E-state index contributed by atoms with van der Waals surface area (Å²) in [7, 11) is 1.71. The van der Waals surface area contributed by atoms with Crippen LogP contribution in [0.5, 0.6) is 5.75 Å². The SMILES string of the molecule is CC(CNC(=O)Nc1nc(C2CCCN(C(=O)OC(C)(C)C)C2)nn1C)Oc1ccccc1Cl. The minimum absolute atomic E-state index is 0.0323. The van der Waals surface area contributed by atoms with Gasteiger partial charge in [0.2, 0.25) is 5.95 Å². The summed E-state index contributed by atoms with van der Waals surface area (Å²) in [5.41, 5.74) is -0.548. The number of piperidine rings is 1. The molecule has 1 aromatic heterocycles. The van der Waals surface area contributed by atoms with Crippen LogP contribution in [-0.2, 0) is 11.8 Å². The Labute approximate surface area is 204 Å². The fourth-order valence-electron chi connectivity index (χ4n) is 3.55. The number of hydrogen-bond donors (Lipinski definition) is 2. The Bertz CT molecular complexity index is 1010. The molecule has 186 valence electrons. The van der Waals surface area contributed by atoms with Gasteiger partial charge in [0.25, 0.3) is 0 Å². The molecule has 10 nitrogen and oxygen atoms in total. The molecule has 11 heteroatoms. The highest BCUT2D eigenvalue weighted by molar-refractivity contribution is 6.32. The first-order valence-corrected chi connectivity index (χ1v) is 11.7. The summed E-state index contributed by atoms with van der Waals surface area (Å²) < 4.78 is 12.8. The number of nitrogens with one attached hydrogen (secondary N) is 2. The maximum absolute atomic E-state index is 12.4. The molecule has 0 aliphatic carbocycles. The fraction of sp³-hybridized carbons (Fsp3) is 0.565. The molecule has 3 amide bonds. The molecule has 2 atom stereocenters. The van der Waals surface area contributed by atoms with E-state index in [2.05, 4.69) is 20.7 Å². The van der Waals surface area contributed by atoms with Gasteiger partial charge in [-0.1, -0.05) is 23.7 Å². The van der Waals surface area contributed by atoms with E-state index in [0.29, 0.717) is 35.6 Å². The number of urea groups is 1. The van der Waals surface area contributed by atoms with Crippen molar-refractivity contribution in [3.05, 3.63) is 35.1 Å². The summed E-state index contributed by atoms with van der Waals surface area (Å²) in [6.07, 6.45) is 1.06. The van der Waals surface area contributed by atoms with Gasteiger partial charge in [-0.05, 0) is 52.7 Å². The van der Waals surface area contributed by atoms with Gasteiger partial charge in [-0.25, -0.2) is 14.3 Å². The van der Waals surface area contributed by atoms with Crippen LogP contribution in [0.1, 0.15) is 52.3 Å². The van der Waals surface area contributed by atoms with E-state index >= 15 is 0 Å². The first kappa shape index (κ1) is 25.6. The lowest BCUT2D eigenvalue weighted by Gasteiger charge is -2.33. The molecule has 1 aliphatic rings. The predicted octanol–water partition coefficient (Wildman–Crippen LogP) is 4.17. The van der Waals surface area contributed by atoms with E-state index in [1.54, 1.807) is 24.1 Å². The molecule has 1 saturated heterocycles. The number of ether oxygens (including phenoxy) is 2. The Kier molecular flexibility index (Phi) is 8.24. The van der Waals surface area contributed by atoms with Gasteiger partial charge < -0.3 is 19.7 Å². The molecule has 2 aromatic rings. The quantitative estimate of drug-likeness (QED) is 0.626. The summed E-state index contributed by atoms with van der Waals surface area (Å²) in [5.74, 6) is 1.43. The third kappa shape index (κ3) is 7.24. The van der Waals surface area contributed by atoms with Gasteiger partial charge in [0.15, 0.2) is 5.82 Å². The molecule has 0 bridgehead atoms. The van der Waals surface area contributed by atoms with Gasteiger partial charge >= 0.3 is 12.1 Å². The average molecular weight is 493 g/mol. The van der Waals surface area contributed by atoms with Crippen molar-refractivity contribution >= 4 is 29.7 Å². The van der Waals surface area contributed by atoms with Crippen molar-refractivity contribution in [1.82, 2.24) is 25.0 Å². The number of benzene rings is 1. The highest BCUT2D eigenvalue weighted by Gasteiger charge is 2.30. The normalized spacial score (nSPS) is 17.1. The van der Waals surface area contributed by atoms with Gasteiger partial charge in [0.05, 0.1) is 11.6 Å². The second kappa shape index (κ2) is 10.9. The van der Waals surface area contributed by atoms with Crippen LogP contribution in [0.2, 0.25) is 5.02 Å². The number of amides is 3.